The SMILES string of the molecule is C[C@@H]1CCC2=C(C1)CN(C=O)C2. The first-order chi connectivity index (χ1) is 5.79. The van der Waals surface area contributed by atoms with Gasteiger partial charge in [-0.1, -0.05) is 6.92 Å². The number of amides is 1. The summed E-state index contributed by atoms with van der Waals surface area (Å²) in [4.78, 5) is 12.4. The van der Waals surface area contributed by atoms with Gasteiger partial charge in [0.2, 0.25) is 6.41 Å². The molecule has 0 radical (unpaired) electrons. The number of carbonyl (C=O) groups excluding carboxylic acids is 1. The van der Waals surface area contributed by atoms with Gasteiger partial charge in [0.05, 0.1) is 0 Å². The van der Waals surface area contributed by atoms with Crippen LogP contribution in [0.25, 0.3) is 0 Å². The molecule has 0 bridgehead atoms. The van der Waals surface area contributed by atoms with Gasteiger partial charge in [-0.05, 0) is 36.3 Å². The molecule has 1 heterocycles. The molecule has 0 aromatic heterocycles. The van der Waals surface area contributed by atoms with Crippen LogP contribution in [-0.2, 0) is 4.79 Å². The minimum Gasteiger partial charge on any atom is -0.337 e. The van der Waals surface area contributed by atoms with Crippen molar-refractivity contribution < 1.29 is 4.79 Å². The molecule has 0 fully saturated rings. The zero-order chi connectivity index (χ0) is 8.55. The van der Waals surface area contributed by atoms with E-state index in [9.17, 15) is 4.79 Å². The Balaban J connectivity index is 2.08. The summed E-state index contributed by atoms with van der Waals surface area (Å²) in [5, 5.41) is 0. The van der Waals surface area contributed by atoms with Crippen molar-refractivity contribution in [3.8, 4) is 0 Å². The van der Waals surface area contributed by atoms with E-state index in [-0.39, 0.29) is 0 Å². The fraction of sp³-hybridized carbons (Fsp3) is 0.700. The summed E-state index contributed by atoms with van der Waals surface area (Å²) in [7, 11) is 0. The van der Waals surface area contributed by atoms with E-state index in [0.29, 0.717) is 0 Å². The van der Waals surface area contributed by atoms with Crippen molar-refractivity contribution in [3.05, 3.63) is 11.1 Å². The molecule has 0 saturated carbocycles. The van der Waals surface area contributed by atoms with E-state index in [2.05, 4.69) is 6.92 Å². The molecule has 2 rings (SSSR count). The topological polar surface area (TPSA) is 20.3 Å². The maximum atomic E-state index is 10.5. The van der Waals surface area contributed by atoms with Crippen LogP contribution in [0.2, 0.25) is 0 Å². The van der Waals surface area contributed by atoms with E-state index in [0.717, 1.165) is 25.4 Å². The zero-order valence-corrected chi connectivity index (χ0v) is 7.55. The van der Waals surface area contributed by atoms with Crippen LogP contribution in [0.3, 0.4) is 0 Å². The third-order valence-electron chi connectivity index (χ3n) is 2.97. The van der Waals surface area contributed by atoms with Crippen LogP contribution < -0.4 is 0 Å². The van der Waals surface area contributed by atoms with Gasteiger partial charge in [0, 0.05) is 13.1 Å². The summed E-state index contributed by atoms with van der Waals surface area (Å²) in [5.41, 5.74) is 3.08. The van der Waals surface area contributed by atoms with E-state index in [1.54, 1.807) is 11.1 Å². The second kappa shape index (κ2) is 2.92. The molecule has 0 spiro atoms. The summed E-state index contributed by atoms with van der Waals surface area (Å²) in [6.45, 7) is 4.11. The van der Waals surface area contributed by atoms with Crippen molar-refractivity contribution in [3.63, 3.8) is 0 Å². The lowest BCUT2D eigenvalue weighted by molar-refractivity contribution is -0.117. The van der Waals surface area contributed by atoms with Gasteiger partial charge in [-0.15, -0.1) is 0 Å². The van der Waals surface area contributed by atoms with Crippen LogP contribution in [0.4, 0.5) is 0 Å². The minimum atomic E-state index is 0.829. The predicted octanol–water partition coefficient (Wildman–Crippen LogP) is 1.58. The minimum absolute atomic E-state index is 0.829. The Morgan fingerprint density at radius 2 is 2.17 bits per heavy atom. The third-order valence-corrected chi connectivity index (χ3v) is 2.97. The largest absolute Gasteiger partial charge is 0.337 e. The molecule has 2 aliphatic rings. The van der Waals surface area contributed by atoms with Crippen molar-refractivity contribution in [1.29, 1.82) is 0 Å². The standard InChI is InChI=1S/C10H15NO/c1-8-2-3-9-5-11(7-12)6-10(9)4-8/h7-8H,2-6H2,1H3/t8-/m1/s1. The van der Waals surface area contributed by atoms with Crippen LogP contribution in [0.15, 0.2) is 11.1 Å². The Morgan fingerprint density at radius 3 is 2.92 bits per heavy atom. The lowest BCUT2D eigenvalue weighted by Crippen LogP contribution is -2.18. The highest BCUT2D eigenvalue weighted by molar-refractivity contribution is 5.51. The molecule has 66 valence electrons. The zero-order valence-electron chi connectivity index (χ0n) is 7.55. The summed E-state index contributed by atoms with van der Waals surface area (Å²) in [5.74, 6) is 0.829. The van der Waals surface area contributed by atoms with Crippen LogP contribution in [0.1, 0.15) is 26.2 Å². The number of carbonyl (C=O) groups is 1. The summed E-state index contributed by atoms with van der Waals surface area (Å²) in [6.07, 6.45) is 4.73. The van der Waals surface area contributed by atoms with E-state index in [1.165, 1.54) is 19.3 Å². The molecule has 1 aliphatic heterocycles. The third kappa shape index (κ3) is 1.26. The highest BCUT2D eigenvalue weighted by Crippen LogP contribution is 2.33. The monoisotopic (exact) mass is 165 g/mol. The van der Waals surface area contributed by atoms with Gasteiger partial charge in [0.25, 0.3) is 0 Å². The molecule has 1 aliphatic carbocycles. The van der Waals surface area contributed by atoms with E-state index < -0.39 is 0 Å². The predicted molar refractivity (Wildman–Crippen MR) is 47.7 cm³/mol. The smallest absolute Gasteiger partial charge is 0.210 e. The Hall–Kier alpha value is -0.790. The van der Waals surface area contributed by atoms with Gasteiger partial charge >= 0.3 is 0 Å². The highest BCUT2D eigenvalue weighted by Gasteiger charge is 2.25. The Morgan fingerprint density at radius 1 is 1.42 bits per heavy atom. The average Bonchev–Trinajstić information content (AvgIpc) is 2.46. The molecule has 2 nitrogen and oxygen atoms in total. The molecule has 0 aromatic rings. The molecular weight excluding hydrogens is 150 g/mol. The molecule has 2 heteroatoms. The lowest BCUT2D eigenvalue weighted by Gasteiger charge is -2.18. The molecule has 0 aromatic carbocycles. The first-order valence-corrected chi connectivity index (χ1v) is 4.68. The van der Waals surface area contributed by atoms with Crippen molar-refractivity contribution in [2.75, 3.05) is 13.1 Å². The molecule has 1 amide bonds. The van der Waals surface area contributed by atoms with Crippen LogP contribution in [-0.4, -0.2) is 24.4 Å². The second-order valence-corrected chi connectivity index (χ2v) is 4.07. The fourth-order valence-corrected chi connectivity index (χ4v) is 2.25. The van der Waals surface area contributed by atoms with Gasteiger partial charge in [-0.3, -0.25) is 4.79 Å². The quantitative estimate of drug-likeness (QED) is 0.426. The van der Waals surface area contributed by atoms with Gasteiger partial charge < -0.3 is 4.90 Å². The second-order valence-electron chi connectivity index (χ2n) is 4.07. The fourth-order valence-electron chi connectivity index (χ4n) is 2.25. The van der Waals surface area contributed by atoms with E-state index in [1.807, 2.05) is 4.90 Å². The van der Waals surface area contributed by atoms with Crippen LogP contribution in [0, 0.1) is 5.92 Å². The molecule has 0 N–H and O–H groups in total. The number of hydrogen-bond donors (Lipinski definition) is 0. The molecular formula is C10H15NO. The Kier molecular flexibility index (Phi) is 1.91. The summed E-state index contributed by atoms with van der Waals surface area (Å²) < 4.78 is 0. The highest BCUT2D eigenvalue weighted by atomic mass is 16.1. The average molecular weight is 165 g/mol. The molecule has 1 atom stereocenters. The molecule has 0 saturated heterocycles. The summed E-state index contributed by atoms with van der Waals surface area (Å²) in [6, 6.07) is 0. The van der Waals surface area contributed by atoms with Gasteiger partial charge in [-0.25, -0.2) is 0 Å². The van der Waals surface area contributed by atoms with Crippen molar-refractivity contribution in [2.24, 2.45) is 5.92 Å². The molecule has 0 unspecified atom stereocenters. The maximum Gasteiger partial charge on any atom is 0.210 e. The van der Waals surface area contributed by atoms with Crippen molar-refractivity contribution >= 4 is 6.41 Å². The lowest BCUT2D eigenvalue weighted by atomic mass is 9.86. The number of hydrogen-bond acceptors (Lipinski definition) is 1. The number of rotatable bonds is 1. The van der Waals surface area contributed by atoms with Crippen LogP contribution >= 0.6 is 0 Å². The van der Waals surface area contributed by atoms with Crippen LogP contribution in [0.5, 0.6) is 0 Å². The Labute approximate surface area is 73.2 Å². The van der Waals surface area contributed by atoms with E-state index >= 15 is 0 Å². The number of nitrogens with zero attached hydrogens (tertiary/aromatic N) is 1. The van der Waals surface area contributed by atoms with Crippen molar-refractivity contribution in [1.82, 2.24) is 4.90 Å². The summed E-state index contributed by atoms with van der Waals surface area (Å²) >= 11 is 0. The molecule has 12 heavy (non-hydrogen) atoms. The first-order valence-electron chi connectivity index (χ1n) is 4.68. The van der Waals surface area contributed by atoms with E-state index in [4.69, 9.17) is 0 Å². The normalized spacial score (nSPS) is 29.1. The van der Waals surface area contributed by atoms with Gasteiger partial charge in [0.15, 0.2) is 0 Å². The first kappa shape index (κ1) is 7.84. The van der Waals surface area contributed by atoms with Crippen molar-refractivity contribution in [2.45, 2.75) is 26.2 Å². The maximum absolute atomic E-state index is 10.5. The van der Waals surface area contributed by atoms with Gasteiger partial charge in [-0.2, -0.15) is 0 Å². The Bertz CT molecular complexity index is 232. The van der Waals surface area contributed by atoms with Gasteiger partial charge in [0.1, 0.15) is 0 Å².